The first-order chi connectivity index (χ1) is 15.1. The lowest BCUT2D eigenvalue weighted by Gasteiger charge is -2.27. The molecule has 1 amide bonds. The highest BCUT2D eigenvalue weighted by molar-refractivity contribution is 5.79. The maximum atomic E-state index is 12.9. The van der Waals surface area contributed by atoms with Crippen LogP contribution in [0.25, 0.3) is 0 Å². The summed E-state index contributed by atoms with van der Waals surface area (Å²) >= 11 is 0. The summed E-state index contributed by atoms with van der Waals surface area (Å²) in [6.07, 6.45) is -1.89. The van der Waals surface area contributed by atoms with Gasteiger partial charge in [0.25, 0.3) is 0 Å². The Kier molecular flexibility index (Phi) is 9.96. The average Bonchev–Trinajstić information content (AvgIpc) is 3.00. The number of hydrogen-bond donors (Lipinski definition) is 2. The molecule has 1 aliphatic heterocycles. The minimum Gasteiger partial charge on any atom is -0.469 e. The van der Waals surface area contributed by atoms with Crippen molar-refractivity contribution in [3.8, 4) is 0 Å². The van der Waals surface area contributed by atoms with E-state index >= 15 is 0 Å². The molecule has 2 rings (SSSR count). The quantitative estimate of drug-likeness (QED) is 0.369. The molecule has 0 bridgehead atoms. The second-order valence-corrected chi connectivity index (χ2v) is 8.30. The van der Waals surface area contributed by atoms with Crippen LogP contribution in [0, 0.1) is 0 Å². The van der Waals surface area contributed by atoms with Crippen LogP contribution in [0.5, 0.6) is 0 Å². The SMILES string of the molecule is COC(=O)CCCCCCN1C(=O)C[C@@H](O)[C@@H]1CC[C@@H](O)Cc1cccc(C(F)(F)F)c1. The molecule has 1 aliphatic rings. The standard InChI is InChI=1S/C23H32F3NO5/c1-32-22(31)9-4-2-3-5-12-27-19(20(29)15-21(27)30)11-10-18(28)14-16-7-6-8-17(13-16)23(24,25)26/h6-8,13,18-20,28-29H,2-5,9-12,14-15H2,1H3/t18-,19+,20-/m1/s1. The molecule has 32 heavy (non-hydrogen) atoms. The summed E-state index contributed by atoms with van der Waals surface area (Å²) in [5.41, 5.74) is -0.365. The summed E-state index contributed by atoms with van der Waals surface area (Å²) in [4.78, 5) is 25.0. The van der Waals surface area contributed by atoms with Gasteiger partial charge in [0.05, 0.1) is 37.3 Å². The first-order valence-corrected chi connectivity index (χ1v) is 11.0. The third kappa shape index (κ3) is 8.09. The Hall–Kier alpha value is -2.13. The van der Waals surface area contributed by atoms with E-state index in [2.05, 4.69) is 4.74 Å². The number of amides is 1. The topological polar surface area (TPSA) is 87.1 Å². The number of likely N-dealkylation sites (tertiary alicyclic amines) is 1. The van der Waals surface area contributed by atoms with Crippen LogP contribution in [-0.2, 0) is 26.9 Å². The number of halogens is 3. The number of methoxy groups -OCH3 is 1. The molecule has 0 saturated carbocycles. The van der Waals surface area contributed by atoms with Crippen LogP contribution >= 0.6 is 0 Å². The van der Waals surface area contributed by atoms with Gasteiger partial charge < -0.3 is 19.8 Å². The molecule has 0 spiro atoms. The number of alkyl halides is 3. The summed E-state index contributed by atoms with van der Waals surface area (Å²) in [7, 11) is 1.35. The lowest BCUT2D eigenvalue weighted by atomic mass is 9.98. The van der Waals surface area contributed by atoms with Gasteiger partial charge in [0.15, 0.2) is 0 Å². The van der Waals surface area contributed by atoms with Crippen LogP contribution in [0.3, 0.4) is 0 Å². The van der Waals surface area contributed by atoms with Crippen LogP contribution in [-0.4, -0.2) is 58.9 Å². The van der Waals surface area contributed by atoms with Gasteiger partial charge in [-0.05, 0) is 43.7 Å². The molecule has 9 heteroatoms. The van der Waals surface area contributed by atoms with Crippen LogP contribution in [0.1, 0.15) is 62.5 Å². The largest absolute Gasteiger partial charge is 0.469 e. The molecule has 2 N–H and O–H groups in total. The maximum Gasteiger partial charge on any atom is 0.416 e. The van der Waals surface area contributed by atoms with E-state index in [1.165, 1.54) is 13.2 Å². The molecule has 1 fully saturated rings. The molecule has 0 radical (unpaired) electrons. The zero-order valence-corrected chi connectivity index (χ0v) is 18.3. The highest BCUT2D eigenvalue weighted by Crippen LogP contribution is 2.30. The fraction of sp³-hybridized carbons (Fsp3) is 0.652. The minimum atomic E-state index is -4.44. The van der Waals surface area contributed by atoms with Crippen molar-refractivity contribution in [1.29, 1.82) is 0 Å². The van der Waals surface area contributed by atoms with E-state index in [9.17, 15) is 33.0 Å². The smallest absolute Gasteiger partial charge is 0.416 e. The van der Waals surface area contributed by atoms with Gasteiger partial charge in [-0.3, -0.25) is 9.59 Å². The van der Waals surface area contributed by atoms with Crippen LogP contribution in [0.2, 0.25) is 0 Å². The first-order valence-electron chi connectivity index (χ1n) is 11.0. The summed E-state index contributed by atoms with van der Waals surface area (Å²) < 4.78 is 43.2. The van der Waals surface area contributed by atoms with E-state index in [1.54, 1.807) is 11.0 Å². The summed E-state index contributed by atoms with van der Waals surface area (Å²) in [5, 5.41) is 20.6. The number of ether oxygens (including phenoxy) is 1. The molecule has 1 aromatic rings. The zero-order chi connectivity index (χ0) is 23.7. The Balaban J connectivity index is 1.79. The van der Waals surface area contributed by atoms with E-state index in [4.69, 9.17) is 0 Å². The predicted octanol–water partition coefficient (Wildman–Crippen LogP) is 3.47. The van der Waals surface area contributed by atoms with E-state index in [1.807, 2.05) is 0 Å². The van der Waals surface area contributed by atoms with Crippen molar-refractivity contribution < 1.29 is 37.7 Å². The van der Waals surface area contributed by atoms with Crippen LogP contribution in [0.4, 0.5) is 13.2 Å². The van der Waals surface area contributed by atoms with E-state index in [0.717, 1.165) is 31.4 Å². The highest BCUT2D eigenvalue weighted by atomic mass is 19.4. The Bertz CT molecular complexity index is 755. The van der Waals surface area contributed by atoms with Gasteiger partial charge in [0, 0.05) is 13.0 Å². The molecule has 1 aromatic carbocycles. The molecular formula is C23H32F3NO5. The van der Waals surface area contributed by atoms with Gasteiger partial charge >= 0.3 is 12.1 Å². The van der Waals surface area contributed by atoms with Gasteiger partial charge in [-0.1, -0.05) is 31.0 Å². The molecule has 0 aliphatic carbocycles. The molecule has 0 unspecified atom stereocenters. The molecular weight excluding hydrogens is 427 g/mol. The Morgan fingerprint density at radius 1 is 1.25 bits per heavy atom. The number of benzene rings is 1. The fourth-order valence-electron chi connectivity index (χ4n) is 4.08. The third-order valence-electron chi connectivity index (χ3n) is 5.83. The number of carbonyl (C=O) groups is 2. The second kappa shape index (κ2) is 12.2. The number of carbonyl (C=O) groups excluding carboxylic acids is 2. The first kappa shape index (κ1) is 26.1. The summed E-state index contributed by atoms with van der Waals surface area (Å²) in [6.45, 7) is 0.489. The number of unbranched alkanes of at least 4 members (excludes halogenated alkanes) is 3. The van der Waals surface area contributed by atoms with E-state index < -0.39 is 30.0 Å². The van der Waals surface area contributed by atoms with Crippen molar-refractivity contribution in [1.82, 2.24) is 4.90 Å². The van der Waals surface area contributed by atoms with Crippen molar-refractivity contribution in [3.05, 3.63) is 35.4 Å². The van der Waals surface area contributed by atoms with Gasteiger partial charge in [-0.25, -0.2) is 0 Å². The fourth-order valence-corrected chi connectivity index (χ4v) is 4.08. The molecule has 0 aromatic heterocycles. The van der Waals surface area contributed by atoms with Crippen molar-refractivity contribution in [2.45, 2.75) is 82.2 Å². The molecule has 1 heterocycles. The number of nitrogens with zero attached hydrogens (tertiary/aromatic N) is 1. The molecule has 180 valence electrons. The Morgan fingerprint density at radius 2 is 1.97 bits per heavy atom. The van der Waals surface area contributed by atoms with E-state index in [-0.39, 0.29) is 31.1 Å². The third-order valence-corrected chi connectivity index (χ3v) is 5.83. The van der Waals surface area contributed by atoms with Crippen molar-refractivity contribution in [3.63, 3.8) is 0 Å². The predicted molar refractivity (Wildman–Crippen MR) is 112 cm³/mol. The van der Waals surface area contributed by atoms with Gasteiger partial charge in [-0.15, -0.1) is 0 Å². The molecule has 6 nitrogen and oxygen atoms in total. The highest BCUT2D eigenvalue weighted by Gasteiger charge is 2.38. The second-order valence-electron chi connectivity index (χ2n) is 8.30. The Morgan fingerprint density at radius 3 is 2.66 bits per heavy atom. The lowest BCUT2D eigenvalue weighted by molar-refractivity contribution is -0.141. The number of esters is 1. The average molecular weight is 460 g/mol. The number of aliphatic hydroxyl groups is 2. The van der Waals surface area contributed by atoms with Gasteiger partial charge in [0.2, 0.25) is 5.91 Å². The van der Waals surface area contributed by atoms with Crippen molar-refractivity contribution in [2.75, 3.05) is 13.7 Å². The summed E-state index contributed by atoms with van der Waals surface area (Å²) in [6, 6.07) is 4.47. The zero-order valence-electron chi connectivity index (χ0n) is 18.3. The number of aliphatic hydroxyl groups excluding tert-OH is 2. The van der Waals surface area contributed by atoms with Crippen molar-refractivity contribution in [2.24, 2.45) is 0 Å². The van der Waals surface area contributed by atoms with Crippen LogP contribution in [0.15, 0.2) is 24.3 Å². The van der Waals surface area contributed by atoms with E-state index in [0.29, 0.717) is 31.4 Å². The van der Waals surface area contributed by atoms with Gasteiger partial charge in [0.1, 0.15) is 0 Å². The molecule has 3 atom stereocenters. The number of hydrogen-bond acceptors (Lipinski definition) is 5. The van der Waals surface area contributed by atoms with Crippen LogP contribution < -0.4 is 0 Å². The normalized spacial score (nSPS) is 19.9. The van der Waals surface area contributed by atoms with Gasteiger partial charge in [-0.2, -0.15) is 13.2 Å². The number of rotatable bonds is 12. The summed E-state index contributed by atoms with van der Waals surface area (Å²) in [5.74, 6) is -0.379. The monoisotopic (exact) mass is 459 g/mol. The Labute approximate surface area is 186 Å². The van der Waals surface area contributed by atoms with Crippen molar-refractivity contribution >= 4 is 11.9 Å². The minimum absolute atomic E-state index is 0.0384. The lowest BCUT2D eigenvalue weighted by Crippen LogP contribution is -2.38. The molecule has 1 saturated heterocycles. The maximum absolute atomic E-state index is 12.9.